The van der Waals surface area contributed by atoms with Crippen LogP contribution in [0.1, 0.15) is 5.56 Å². The van der Waals surface area contributed by atoms with Gasteiger partial charge in [-0.05, 0) is 18.1 Å². The largest absolute Gasteiger partial charge is 0.488 e. The fourth-order valence-corrected chi connectivity index (χ4v) is 1.07. The van der Waals surface area contributed by atoms with Crippen LogP contribution in [0.2, 0.25) is 0 Å². The Morgan fingerprint density at radius 3 is 2.62 bits per heavy atom. The summed E-state index contributed by atoms with van der Waals surface area (Å²) in [7, 11) is 0.476. The number of nitrogens with one attached hydrogen (secondary N) is 1. The summed E-state index contributed by atoms with van der Waals surface area (Å²) >= 11 is 0. The summed E-state index contributed by atoms with van der Waals surface area (Å²) < 4.78 is 0. The highest BCUT2D eigenvalue weighted by Gasteiger charge is 2.09. The van der Waals surface area contributed by atoms with E-state index in [9.17, 15) is 0 Å². The molecule has 5 heteroatoms. The average Bonchev–Trinajstić information content (AvgIpc) is 2.05. The van der Waals surface area contributed by atoms with Crippen molar-refractivity contribution in [1.82, 2.24) is 5.32 Å². The molecular weight excluding hydrogens is 188 g/mol. The first-order valence-electron chi connectivity index (χ1n) is 3.83. The van der Waals surface area contributed by atoms with Crippen LogP contribution in [0.4, 0.5) is 0 Å². The highest BCUT2D eigenvalue weighted by atomic mass is 35.5. The molecule has 1 aromatic rings. The van der Waals surface area contributed by atoms with E-state index in [1.165, 1.54) is 0 Å². The van der Waals surface area contributed by atoms with Crippen molar-refractivity contribution < 1.29 is 10.0 Å². The highest BCUT2D eigenvalue weighted by molar-refractivity contribution is 6.58. The summed E-state index contributed by atoms with van der Waals surface area (Å²) in [5.74, 6) is 0. The minimum atomic E-state index is -1.37. The van der Waals surface area contributed by atoms with E-state index in [1.54, 1.807) is 18.2 Å². The predicted molar refractivity (Wildman–Crippen MR) is 56.3 cm³/mol. The molecule has 0 aliphatic heterocycles. The van der Waals surface area contributed by atoms with Crippen molar-refractivity contribution in [2.75, 3.05) is 7.05 Å². The Morgan fingerprint density at radius 1 is 1.38 bits per heavy atom. The van der Waals surface area contributed by atoms with Crippen LogP contribution < -0.4 is 10.8 Å². The normalized spacial score (nSPS) is 9.15. The molecule has 1 rings (SSSR count). The Hall–Kier alpha value is -0.545. The molecule has 0 saturated carbocycles. The van der Waals surface area contributed by atoms with Crippen molar-refractivity contribution >= 4 is 25.0 Å². The van der Waals surface area contributed by atoms with Gasteiger partial charge in [0.1, 0.15) is 0 Å². The van der Waals surface area contributed by atoms with Gasteiger partial charge < -0.3 is 15.4 Å². The molecule has 13 heavy (non-hydrogen) atoms. The summed E-state index contributed by atoms with van der Waals surface area (Å²) in [4.78, 5) is 0. The Labute approximate surface area is 84.3 Å². The highest BCUT2D eigenvalue weighted by Crippen LogP contribution is 1.95. The molecule has 0 amide bonds. The molecule has 3 nitrogen and oxygen atoms in total. The Morgan fingerprint density at radius 2 is 2.08 bits per heavy atom. The van der Waals surface area contributed by atoms with E-state index in [1.807, 2.05) is 13.1 Å². The van der Waals surface area contributed by atoms with Gasteiger partial charge in [0.2, 0.25) is 0 Å². The first-order chi connectivity index (χ1) is 5.74. The molecule has 0 radical (unpaired) electrons. The second-order valence-electron chi connectivity index (χ2n) is 2.65. The van der Waals surface area contributed by atoms with Crippen LogP contribution in [0, 0.1) is 0 Å². The molecule has 0 aromatic heterocycles. The van der Waals surface area contributed by atoms with Crippen LogP contribution in [0.15, 0.2) is 24.3 Å². The topological polar surface area (TPSA) is 52.5 Å². The third-order valence-corrected chi connectivity index (χ3v) is 1.63. The van der Waals surface area contributed by atoms with Crippen molar-refractivity contribution in [2.24, 2.45) is 0 Å². The summed E-state index contributed by atoms with van der Waals surface area (Å²) in [6.07, 6.45) is 0. The monoisotopic (exact) mass is 201 g/mol. The number of hydrogen-bond acceptors (Lipinski definition) is 3. The van der Waals surface area contributed by atoms with Crippen LogP contribution in [-0.2, 0) is 6.54 Å². The lowest BCUT2D eigenvalue weighted by Gasteiger charge is -2.02. The standard InChI is InChI=1S/C8H12BNO2.ClH/c1-10-6-7-3-2-4-8(5-7)9(11)12;/h2-5,10-12H,6H2,1H3;1H. The average molecular weight is 201 g/mol. The number of hydrogen-bond donors (Lipinski definition) is 3. The fraction of sp³-hybridized carbons (Fsp3) is 0.250. The van der Waals surface area contributed by atoms with Gasteiger partial charge in [-0.25, -0.2) is 0 Å². The van der Waals surface area contributed by atoms with Crippen molar-refractivity contribution in [3.8, 4) is 0 Å². The first-order valence-corrected chi connectivity index (χ1v) is 3.83. The lowest BCUT2D eigenvalue weighted by atomic mass is 9.80. The van der Waals surface area contributed by atoms with E-state index in [4.69, 9.17) is 10.0 Å². The second kappa shape index (κ2) is 5.99. The lowest BCUT2D eigenvalue weighted by molar-refractivity contribution is 0.425. The van der Waals surface area contributed by atoms with Crippen LogP contribution >= 0.6 is 12.4 Å². The maximum Gasteiger partial charge on any atom is 0.488 e. The van der Waals surface area contributed by atoms with E-state index >= 15 is 0 Å². The summed E-state index contributed by atoms with van der Waals surface area (Å²) in [5, 5.41) is 20.7. The molecule has 1 aromatic carbocycles. The first kappa shape index (κ1) is 12.5. The minimum absolute atomic E-state index is 0. The zero-order valence-electron chi connectivity index (χ0n) is 7.40. The second-order valence-corrected chi connectivity index (χ2v) is 2.65. The molecule has 3 N–H and O–H groups in total. The SMILES string of the molecule is CNCc1cccc(B(O)O)c1.Cl. The van der Waals surface area contributed by atoms with Crippen molar-refractivity contribution in [3.63, 3.8) is 0 Å². The quantitative estimate of drug-likeness (QED) is 0.579. The molecule has 0 aliphatic carbocycles. The van der Waals surface area contributed by atoms with E-state index in [0.717, 1.165) is 12.1 Å². The van der Waals surface area contributed by atoms with Gasteiger partial charge in [-0.15, -0.1) is 12.4 Å². The smallest absolute Gasteiger partial charge is 0.423 e. The maximum atomic E-state index is 8.85. The van der Waals surface area contributed by atoms with Crippen LogP contribution in [0.25, 0.3) is 0 Å². The molecule has 0 saturated heterocycles. The molecule has 0 heterocycles. The van der Waals surface area contributed by atoms with Gasteiger partial charge in [0.15, 0.2) is 0 Å². The molecule has 72 valence electrons. The lowest BCUT2D eigenvalue weighted by Crippen LogP contribution is -2.30. The molecule has 0 aliphatic rings. The number of halogens is 1. The summed E-state index contributed by atoms with van der Waals surface area (Å²) in [6.45, 7) is 0.737. The Kier molecular flexibility index (Phi) is 5.74. The van der Waals surface area contributed by atoms with Crippen molar-refractivity contribution in [3.05, 3.63) is 29.8 Å². The Balaban J connectivity index is 0.00000144. The zero-order valence-corrected chi connectivity index (χ0v) is 8.21. The van der Waals surface area contributed by atoms with E-state index < -0.39 is 7.12 Å². The van der Waals surface area contributed by atoms with Crippen LogP contribution in [-0.4, -0.2) is 24.2 Å². The van der Waals surface area contributed by atoms with Gasteiger partial charge in [0, 0.05) is 6.54 Å². The molecular formula is C8H13BClNO2. The summed E-state index contributed by atoms with van der Waals surface area (Å²) in [5.41, 5.74) is 1.57. The predicted octanol–water partition coefficient (Wildman–Crippen LogP) is -0.492. The van der Waals surface area contributed by atoms with Crippen molar-refractivity contribution in [1.29, 1.82) is 0 Å². The maximum absolute atomic E-state index is 8.85. The van der Waals surface area contributed by atoms with Crippen LogP contribution in [0.5, 0.6) is 0 Å². The fourth-order valence-electron chi connectivity index (χ4n) is 1.07. The molecule has 0 bridgehead atoms. The van der Waals surface area contributed by atoms with Gasteiger partial charge in [0.25, 0.3) is 0 Å². The van der Waals surface area contributed by atoms with Crippen LogP contribution in [0.3, 0.4) is 0 Å². The van der Waals surface area contributed by atoms with Gasteiger partial charge in [-0.3, -0.25) is 0 Å². The van der Waals surface area contributed by atoms with E-state index in [0.29, 0.717) is 5.46 Å². The number of rotatable bonds is 3. The zero-order chi connectivity index (χ0) is 8.97. The van der Waals surface area contributed by atoms with E-state index in [-0.39, 0.29) is 12.4 Å². The van der Waals surface area contributed by atoms with Gasteiger partial charge in [-0.1, -0.05) is 24.3 Å². The molecule has 0 atom stereocenters. The molecule has 0 unspecified atom stereocenters. The summed E-state index contributed by atoms with van der Waals surface area (Å²) in [6, 6.07) is 7.19. The Bertz CT molecular complexity index is 258. The van der Waals surface area contributed by atoms with Gasteiger partial charge in [0.05, 0.1) is 0 Å². The minimum Gasteiger partial charge on any atom is -0.423 e. The third-order valence-electron chi connectivity index (χ3n) is 1.63. The number of benzene rings is 1. The molecule has 0 spiro atoms. The molecule has 0 fully saturated rings. The van der Waals surface area contributed by atoms with Gasteiger partial charge >= 0.3 is 7.12 Å². The third kappa shape index (κ3) is 3.78. The van der Waals surface area contributed by atoms with Crippen molar-refractivity contribution in [2.45, 2.75) is 6.54 Å². The van der Waals surface area contributed by atoms with Gasteiger partial charge in [-0.2, -0.15) is 0 Å². The van der Waals surface area contributed by atoms with E-state index in [2.05, 4.69) is 5.32 Å².